The number of aryl methyl sites for hydroxylation is 1. The van der Waals surface area contributed by atoms with Crippen LogP contribution in [0, 0.1) is 6.92 Å². The zero-order valence-electron chi connectivity index (χ0n) is 12.5. The highest BCUT2D eigenvalue weighted by molar-refractivity contribution is 7.89. The molecule has 1 unspecified atom stereocenters. The standard InChI is InChI=1S/C14H24N2O3S/c1-5-12(9-15)16-20(17,18)13-6-7-14(11(4)8-13)19-10(2)3/h6-8,10,12,16H,5,9,15H2,1-4H3. The van der Waals surface area contributed by atoms with Crippen molar-refractivity contribution in [3.63, 3.8) is 0 Å². The summed E-state index contributed by atoms with van der Waals surface area (Å²) < 4.78 is 32.7. The van der Waals surface area contributed by atoms with Crippen LogP contribution >= 0.6 is 0 Å². The van der Waals surface area contributed by atoms with Crippen molar-refractivity contribution in [1.82, 2.24) is 4.72 Å². The summed E-state index contributed by atoms with van der Waals surface area (Å²) >= 11 is 0. The molecule has 1 rings (SSSR count). The SMILES string of the molecule is CCC(CN)NS(=O)(=O)c1ccc(OC(C)C)c(C)c1. The van der Waals surface area contributed by atoms with Gasteiger partial charge >= 0.3 is 0 Å². The molecule has 0 saturated carbocycles. The van der Waals surface area contributed by atoms with Gasteiger partial charge < -0.3 is 10.5 Å². The topological polar surface area (TPSA) is 81.4 Å². The second-order valence-electron chi connectivity index (χ2n) is 5.06. The molecule has 0 saturated heterocycles. The van der Waals surface area contributed by atoms with Crippen LogP contribution in [0.25, 0.3) is 0 Å². The predicted octanol–water partition coefficient (Wildman–Crippen LogP) is 1.80. The van der Waals surface area contributed by atoms with E-state index in [1.807, 2.05) is 27.7 Å². The number of nitrogens with one attached hydrogen (secondary N) is 1. The smallest absolute Gasteiger partial charge is 0.240 e. The molecule has 114 valence electrons. The molecular formula is C14H24N2O3S. The molecular weight excluding hydrogens is 276 g/mol. The Morgan fingerprint density at radius 1 is 1.35 bits per heavy atom. The second kappa shape index (κ2) is 7.06. The number of rotatable bonds is 7. The van der Waals surface area contributed by atoms with Gasteiger partial charge in [-0.3, -0.25) is 0 Å². The van der Waals surface area contributed by atoms with Gasteiger partial charge in [-0.15, -0.1) is 0 Å². The number of hydrogen-bond acceptors (Lipinski definition) is 4. The van der Waals surface area contributed by atoms with Gasteiger partial charge in [-0.1, -0.05) is 6.92 Å². The van der Waals surface area contributed by atoms with Crippen molar-refractivity contribution >= 4 is 10.0 Å². The molecule has 0 spiro atoms. The van der Waals surface area contributed by atoms with E-state index in [1.54, 1.807) is 18.2 Å². The van der Waals surface area contributed by atoms with Crippen molar-refractivity contribution in [2.45, 2.75) is 51.2 Å². The van der Waals surface area contributed by atoms with Crippen molar-refractivity contribution in [2.24, 2.45) is 5.73 Å². The first-order valence-electron chi connectivity index (χ1n) is 6.79. The van der Waals surface area contributed by atoms with Crippen LogP contribution in [0.15, 0.2) is 23.1 Å². The van der Waals surface area contributed by atoms with Gasteiger partial charge in [0, 0.05) is 12.6 Å². The van der Waals surface area contributed by atoms with Gasteiger partial charge in [-0.2, -0.15) is 0 Å². The number of benzene rings is 1. The Hall–Kier alpha value is -1.11. The first-order valence-corrected chi connectivity index (χ1v) is 8.28. The minimum atomic E-state index is -3.54. The molecule has 6 heteroatoms. The molecule has 0 heterocycles. The number of sulfonamides is 1. The quantitative estimate of drug-likeness (QED) is 0.804. The van der Waals surface area contributed by atoms with Crippen molar-refractivity contribution in [3.8, 4) is 5.75 Å². The van der Waals surface area contributed by atoms with Gasteiger partial charge in [0.15, 0.2) is 0 Å². The Labute approximate surface area is 121 Å². The van der Waals surface area contributed by atoms with Crippen LogP contribution in [0.5, 0.6) is 5.75 Å². The molecule has 0 aliphatic rings. The van der Waals surface area contributed by atoms with Gasteiger partial charge in [0.05, 0.1) is 11.0 Å². The van der Waals surface area contributed by atoms with E-state index in [0.717, 1.165) is 5.56 Å². The zero-order chi connectivity index (χ0) is 15.3. The van der Waals surface area contributed by atoms with Crippen LogP contribution in [0.3, 0.4) is 0 Å². The molecule has 0 radical (unpaired) electrons. The largest absolute Gasteiger partial charge is 0.491 e. The van der Waals surface area contributed by atoms with Crippen molar-refractivity contribution in [1.29, 1.82) is 0 Å². The highest BCUT2D eigenvalue weighted by atomic mass is 32.2. The third-order valence-corrected chi connectivity index (χ3v) is 4.44. The van der Waals surface area contributed by atoms with E-state index in [2.05, 4.69) is 4.72 Å². The minimum Gasteiger partial charge on any atom is -0.491 e. The van der Waals surface area contributed by atoms with Gasteiger partial charge in [0.2, 0.25) is 10.0 Å². The fraction of sp³-hybridized carbons (Fsp3) is 0.571. The lowest BCUT2D eigenvalue weighted by molar-refractivity contribution is 0.240. The van der Waals surface area contributed by atoms with E-state index in [-0.39, 0.29) is 23.6 Å². The van der Waals surface area contributed by atoms with Crippen LogP contribution < -0.4 is 15.2 Å². The lowest BCUT2D eigenvalue weighted by Gasteiger charge is -2.16. The predicted molar refractivity (Wildman–Crippen MR) is 80.4 cm³/mol. The van der Waals surface area contributed by atoms with E-state index in [0.29, 0.717) is 12.2 Å². The minimum absolute atomic E-state index is 0.0518. The average molecular weight is 300 g/mol. The van der Waals surface area contributed by atoms with Crippen LogP contribution in [-0.2, 0) is 10.0 Å². The highest BCUT2D eigenvalue weighted by Gasteiger charge is 2.19. The van der Waals surface area contributed by atoms with Crippen LogP contribution in [0.4, 0.5) is 0 Å². The van der Waals surface area contributed by atoms with Gasteiger partial charge in [-0.05, 0) is 51.0 Å². The van der Waals surface area contributed by atoms with E-state index < -0.39 is 10.0 Å². The summed E-state index contributed by atoms with van der Waals surface area (Å²) in [4.78, 5) is 0.234. The zero-order valence-corrected chi connectivity index (χ0v) is 13.3. The van der Waals surface area contributed by atoms with E-state index >= 15 is 0 Å². The maximum atomic E-state index is 12.2. The van der Waals surface area contributed by atoms with Crippen molar-refractivity contribution < 1.29 is 13.2 Å². The Balaban J connectivity index is 2.99. The Kier molecular flexibility index (Phi) is 5.98. The second-order valence-corrected chi connectivity index (χ2v) is 6.77. The summed E-state index contributed by atoms with van der Waals surface area (Å²) in [6, 6.07) is 4.61. The molecule has 1 aromatic rings. The average Bonchev–Trinajstić information content (AvgIpc) is 2.37. The molecule has 0 fully saturated rings. The summed E-state index contributed by atoms with van der Waals surface area (Å²) in [5, 5.41) is 0. The molecule has 5 nitrogen and oxygen atoms in total. The molecule has 0 aliphatic carbocycles. The first kappa shape index (κ1) is 16.9. The monoisotopic (exact) mass is 300 g/mol. The van der Waals surface area contributed by atoms with E-state index in [4.69, 9.17) is 10.5 Å². The molecule has 3 N–H and O–H groups in total. The van der Waals surface area contributed by atoms with Gasteiger partial charge in [0.25, 0.3) is 0 Å². The Bertz CT molecular complexity index is 537. The summed E-state index contributed by atoms with van der Waals surface area (Å²) in [7, 11) is -3.54. The third-order valence-electron chi connectivity index (χ3n) is 2.92. The fourth-order valence-corrected chi connectivity index (χ4v) is 3.18. The lowest BCUT2D eigenvalue weighted by Crippen LogP contribution is -2.39. The van der Waals surface area contributed by atoms with E-state index in [1.165, 1.54) is 0 Å². The van der Waals surface area contributed by atoms with Crippen molar-refractivity contribution in [2.75, 3.05) is 6.54 Å². The molecule has 0 aromatic heterocycles. The third kappa shape index (κ3) is 4.47. The molecule has 0 amide bonds. The summed E-state index contributed by atoms with van der Waals surface area (Å²) in [6.45, 7) is 7.86. The fourth-order valence-electron chi connectivity index (χ4n) is 1.76. The van der Waals surface area contributed by atoms with Crippen molar-refractivity contribution in [3.05, 3.63) is 23.8 Å². The summed E-state index contributed by atoms with van der Waals surface area (Å²) in [6.07, 6.45) is 0.708. The summed E-state index contributed by atoms with van der Waals surface area (Å²) in [5.41, 5.74) is 6.32. The van der Waals surface area contributed by atoms with Gasteiger partial charge in [0.1, 0.15) is 5.75 Å². The number of hydrogen-bond donors (Lipinski definition) is 2. The molecule has 0 aliphatic heterocycles. The normalized spacial score (nSPS) is 13.5. The van der Waals surface area contributed by atoms with Gasteiger partial charge in [-0.25, -0.2) is 13.1 Å². The number of ether oxygens (including phenoxy) is 1. The Morgan fingerprint density at radius 2 is 2.00 bits per heavy atom. The van der Waals surface area contributed by atoms with Crippen LogP contribution in [-0.4, -0.2) is 27.1 Å². The molecule has 0 bridgehead atoms. The van der Waals surface area contributed by atoms with Crippen LogP contribution in [0.2, 0.25) is 0 Å². The molecule has 20 heavy (non-hydrogen) atoms. The summed E-state index contributed by atoms with van der Waals surface area (Å²) in [5.74, 6) is 0.699. The Morgan fingerprint density at radius 3 is 2.45 bits per heavy atom. The molecule has 1 aromatic carbocycles. The maximum Gasteiger partial charge on any atom is 0.240 e. The lowest BCUT2D eigenvalue weighted by atomic mass is 10.2. The number of nitrogens with two attached hydrogens (primary N) is 1. The first-order chi connectivity index (χ1) is 9.30. The maximum absolute atomic E-state index is 12.2. The van der Waals surface area contributed by atoms with E-state index in [9.17, 15) is 8.42 Å². The molecule has 1 atom stereocenters. The van der Waals surface area contributed by atoms with Crippen LogP contribution in [0.1, 0.15) is 32.8 Å². The highest BCUT2D eigenvalue weighted by Crippen LogP contribution is 2.23.